The molecule has 1 rings (SSSR count). The zero-order chi connectivity index (χ0) is 17.5. The Balaban J connectivity index is 0.00000576. The fourth-order valence-electron chi connectivity index (χ4n) is 2.31. The van der Waals surface area contributed by atoms with E-state index in [0.29, 0.717) is 19.3 Å². The Morgan fingerprint density at radius 3 is 2.56 bits per heavy atom. The molecule has 0 fully saturated rings. The van der Waals surface area contributed by atoms with Crippen LogP contribution in [0.5, 0.6) is 0 Å². The van der Waals surface area contributed by atoms with Crippen molar-refractivity contribution < 1.29 is 9.47 Å². The van der Waals surface area contributed by atoms with Gasteiger partial charge in [-0.3, -0.25) is 4.99 Å². The predicted octanol–water partition coefficient (Wildman–Crippen LogP) is 3.23. The largest absolute Gasteiger partial charge is 0.382 e. The number of nitrogens with zero attached hydrogens (tertiary/aromatic N) is 1. The van der Waals surface area contributed by atoms with Gasteiger partial charge >= 0.3 is 0 Å². The van der Waals surface area contributed by atoms with Crippen LogP contribution in [0.3, 0.4) is 0 Å². The van der Waals surface area contributed by atoms with E-state index in [2.05, 4.69) is 52.9 Å². The molecule has 144 valence electrons. The van der Waals surface area contributed by atoms with Crippen LogP contribution < -0.4 is 10.6 Å². The number of halogens is 1. The number of hydrogen-bond donors (Lipinski definition) is 2. The number of benzene rings is 1. The summed E-state index contributed by atoms with van der Waals surface area (Å²) in [6, 6.07) is 11.0. The highest BCUT2D eigenvalue weighted by molar-refractivity contribution is 14.0. The van der Waals surface area contributed by atoms with E-state index in [9.17, 15) is 0 Å². The second-order valence-electron chi connectivity index (χ2n) is 5.88. The summed E-state index contributed by atoms with van der Waals surface area (Å²) in [6.07, 6.45) is 4.26. The molecule has 0 saturated heterocycles. The number of rotatable bonds is 12. The van der Waals surface area contributed by atoms with Gasteiger partial charge in [-0.15, -0.1) is 24.0 Å². The van der Waals surface area contributed by atoms with Gasteiger partial charge < -0.3 is 20.1 Å². The van der Waals surface area contributed by atoms with Crippen LogP contribution in [0.15, 0.2) is 35.3 Å². The summed E-state index contributed by atoms with van der Waals surface area (Å²) in [7, 11) is 3.50. The molecule has 0 aromatic heterocycles. The molecular formula is C19H34IN3O2. The summed E-state index contributed by atoms with van der Waals surface area (Å²) in [5.41, 5.74) is 1.38. The van der Waals surface area contributed by atoms with E-state index in [0.717, 1.165) is 44.8 Å². The fraction of sp³-hybridized carbons (Fsp3) is 0.632. The first-order valence-electron chi connectivity index (χ1n) is 8.84. The van der Waals surface area contributed by atoms with Crippen molar-refractivity contribution in [1.82, 2.24) is 10.6 Å². The second kappa shape index (κ2) is 16.6. The molecule has 0 saturated carbocycles. The lowest BCUT2D eigenvalue weighted by molar-refractivity contribution is 0.0689. The second-order valence-corrected chi connectivity index (χ2v) is 5.88. The molecule has 1 aromatic rings. The van der Waals surface area contributed by atoms with E-state index in [1.807, 2.05) is 7.05 Å². The van der Waals surface area contributed by atoms with Crippen LogP contribution in [-0.4, -0.2) is 52.5 Å². The highest BCUT2D eigenvalue weighted by Crippen LogP contribution is 2.04. The van der Waals surface area contributed by atoms with Gasteiger partial charge in [-0.25, -0.2) is 0 Å². The molecule has 0 aliphatic heterocycles. The average molecular weight is 463 g/mol. The number of aliphatic imine (C=N–C) groups is 1. The van der Waals surface area contributed by atoms with Crippen molar-refractivity contribution in [2.75, 3.05) is 40.5 Å². The summed E-state index contributed by atoms with van der Waals surface area (Å²) >= 11 is 0. The van der Waals surface area contributed by atoms with Gasteiger partial charge in [0.15, 0.2) is 5.96 Å². The van der Waals surface area contributed by atoms with E-state index < -0.39 is 0 Å². The van der Waals surface area contributed by atoms with Gasteiger partial charge in [0.2, 0.25) is 0 Å². The fourth-order valence-corrected chi connectivity index (χ4v) is 2.31. The third kappa shape index (κ3) is 13.1. The minimum absolute atomic E-state index is 0. The van der Waals surface area contributed by atoms with Crippen molar-refractivity contribution in [3.63, 3.8) is 0 Å². The lowest BCUT2D eigenvalue weighted by Crippen LogP contribution is -2.42. The number of methoxy groups -OCH3 is 1. The highest BCUT2D eigenvalue weighted by Gasteiger charge is 2.05. The monoisotopic (exact) mass is 463 g/mol. The molecule has 0 bridgehead atoms. The molecule has 0 aliphatic carbocycles. The van der Waals surface area contributed by atoms with Crippen LogP contribution in [0, 0.1) is 0 Å². The molecule has 6 heteroatoms. The maximum Gasteiger partial charge on any atom is 0.191 e. The number of ether oxygens (including phenoxy) is 2. The van der Waals surface area contributed by atoms with Crippen molar-refractivity contribution in [2.45, 2.75) is 38.6 Å². The standard InChI is InChI=1S/C19H33N3O2.HI/c1-17(11-12-18-9-5-4-6-10-18)22-19(20-2)21-13-7-8-14-24-16-15-23-3;/h4-6,9-10,17H,7-8,11-16H2,1-3H3,(H2,20,21,22);1H. The molecule has 0 radical (unpaired) electrons. The molecule has 1 unspecified atom stereocenters. The zero-order valence-electron chi connectivity index (χ0n) is 15.8. The number of hydrogen-bond acceptors (Lipinski definition) is 3. The van der Waals surface area contributed by atoms with E-state index in [-0.39, 0.29) is 24.0 Å². The summed E-state index contributed by atoms with van der Waals surface area (Å²) in [4.78, 5) is 4.29. The quantitative estimate of drug-likeness (QED) is 0.216. The number of guanidine groups is 1. The maximum atomic E-state index is 5.45. The highest BCUT2D eigenvalue weighted by atomic mass is 127. The zero-order valence-corrected chi connectivity index (χ0v) is 18.1. The van der Waals surface area contributed by atoms with Crippen LogP contribution in [0.1, 0.15) is 31.7 Å². The lowest BCUT2D eigenvalue weighted by atomic mass is 10.1. The van der Waals surface area contributed by atoms with Crippen LogP contribution in [-0.2, 0) is 15.9 Å². The molecule has 25 heavy (non-hydrogen) atoms. The van der Waals surface area contributed by atoms with Gasteiger partial charge in [0.25, 0.3) is 0 Å². The Hall–Kier alpha value is -0.860. The van der Waals surface area contributed by atoms with Crippen molar-refractivity contribution in [2.24, 2.45) is 4.99 Å². The van der Waals surface area contributed by atoms with Gasteiger partial charge in [0, 0.05) is 33.4 Å². The number of aryl methyl sites for hydroxylation is 1. The minimum Gasteiger partial charge on any atom is -0.382 e. The van der Waals surface area contributed by atoms with Gasteiger partial charge in [0.1, 0.15) is 0 Å². The molecule has 0 amide bonds. The molecule has 2 N–H and O–H groups in total. The van der Waals surface area contributed by atoms with Crippen molar-refractivity contribution in [3.8, 4) is 0 Å². The van der Waals surface area contributed by atoms with E-state index in [1.54, 1.807) is 7.11 Å². The van der Waals surface area contributed by atoms with Gasteiger partial charge in [-0.05, 0) is 38.2 Å². The SMILES string of the molecule is CN=C(NCCCCOCCOC)NC(C)CCc1ccccc1.I. The molecule has 1 atom stereocenters. The third-order valence-electron chi connectivity index (χ3n) is 3.76. The van der Waals surface area contributed by atoms with Crippen LogP contribution >= 0.6 is 24.0 Å². The van der Waals surface area contributed by atoms with E-state index >= 15 is 0 Å². The van der Waals surface area contributed by atoms with Crippen LogP contribution in [0.4, 0.5) is 0 Å². The first-order chi connectivity index (χ1) is 11.8. The summed E-state index contributed by atoms with van der Waals surface area (Å²) in [5.74, 6) is 0.871. The Morgan fingerprint density at radius 2 is 1.88 bits per heavy atom. The molecule has 0 heterocycles. The molecule has 0 spiro atoms. The first kappa shape index (κ1) is 24.1. The third-order valence-corrected chi connectivity index (χ3v) is 3.76. The summed E-state index contributed by atoms with van der Waals surface area (Å²) in [6.45, 7) is 5.21. The first-order valence-corrected chi connectivity index (χ1v) is 8.84. The van der Waals surface area contributed by atoms with E-state index in [1.165, 1.54) is 5.56 Å². The Morgan fingerprint density at radius 1 is 1.12 bits per heavy atom. The van der Waals surface area contributed by atoms with Gasteiger partial charge in [-0.1, -0.05) is 30.3 Å². The Kier molecular flexibility index (Phi) is 16.0. The Bertz CT molecular complexity index is 444. The summed E-state index contributed by atoms with van der Waals surface area (Å²) in [5, 5.41) is 6.81. The molecule has 5 nitrogen and oxygen atoms in total. The predicted molar refractivity (Wildman–Crippen MR) is 116 cm³/mol. The van der Waals surface area contributed by atoms with Crippen molar-refractivity contribution in [3.05, 3.63) is 35.9 Å². The normalized spacial score (nSPS) is 12.4. The number of unbranched alkanes of at least 4 members (excludes halogenated alkanes) is 1. The van der Waals surface area contributed by atoms with E-state index in [4.69, 9.17) is 9.47 Å². The minimum atomic E-state index is 0. The molecule has 1 aromatic carbocycles. The Labute approximate surface area is 170 Å². The lowest BCUT2D eigenvalue weighted by Gasteiger charge is -2.18. The van der Waals surface area contributed by atoms with Gasteiger partial charge in [0.05, 0.1) is 13.2 Å². The van der Waals surface area contributed by atoms with Crippen LogP contribution in [0.25, 0.3) is 0 Å². The van der Waals surface area contributed by atoms with Gasteiger partial charge in [-0.2, -0.15) is 0 Å². The average Bonchev–Trinajstić information content (AvgIpc) is 2.62. The number of nitrogens with one attached hydrogen (secondary N) is 2. The van der Waals surface area contributed by atoms with Crippen molar-refractivity contribution >= 4 is 29.9 Å². The van der Waals surface area contributed by atoms with Crippen molar-refractivity contribution in [1.29, 1.82) is 0 Å². The summed E-state index contributed by atoms with van der Waals surface area (Å²) < 4.78 is 10.4. The maximum absolute atomic E-state index is 5.45. The molecule has 0 aliphatic rings. The van der Waals surface area contributed by atoms with Crippen LogP contribution in [0.2, 0.25) is 0 Å². The molecular weight excluding hydrogens is 429 g/mol. The topological polar surface area (TPSA) is 54.9 Å². The smallest absolute Gasteiger partial charge is 0.191 e.